The largest absolute Gasteiger partial charge is 0.335 e. The van der Waals surface area contributed by atoms with Gasteiger partial charge in [-0.2, -0.15) is 0 Å². The van der Waals surface area contributed by atoms with Crippen molar-refractivity contribution in [3.05, 3.63) is 83.9 Å². The highest BCUT2D eigenvalue weighted by Gasteiger charge is 2.27. The van der Waals surface area contributed by atoms with E-state index < -0.39 is 0 Å². The Hall–Kier alpha value is -2.88. The minimum atomic E-state index is 0.0684. The molecule has 4 nitrogen and oxygen atoms in total. The Morgan fingerprint density at radius 2 is 1.96 bits per heavy atom. The average Bonchev–Trinajstić information content (AvgIpc) is 3.21. The highest BCUT2D eigenvalue weighted by Crippen LogP contribution is 2.34. The van der Waals surface area contributed by atoms with Crippen LogP contribution in [0.2, 0.25) is 0 Å². The molecule has 0 radical (unpaired) electrons. The standard InChI is InChI=1S/C21H21N3O/c1-23(20-8-4-6-16-5-2-3-7-19(16)20)21(25)17-9-11-18(12-10-17)24-14-13-22-15-24/h2-3,5,7,9-15,20H,4,6,8H2,1H3/t20-/m0/s1. The van der Waals surface area contributed by atoms with Gasteiger partial charge >= 0.3 is 0 Å². The number of carbonyl (C=O) groups is 1. The number of rotatable bonds is 3. The summed E-state index contributed by atoms with van der Waals surface area (Å²) in [5, 5.41) is 0. The molecule has 4 rings (SSSR count). The van der Waals surface area contributed by atoms with Crippen LogP contribution in [0.4, 0.5) is 0 Å². The molecule has 0 N–H and O–H groups in total. The number of hydrogen-bond acceptors (Lipinski definition) is 2. The molecule has 0 bridgehead atoms. The molecule has 0 aliphatic heterocycles. The fourth-order valence-electron chi connectivity index (χ4n) is 3.66. The van der Waals surface area contributed by atoms with Crippen LogP contribution in [0.5, 0.6) is 0 Å². The van der Waals surface area contributed by atoms with Crippen molar-refractivity contribution in [2.75, 3.05) is 7.05 Å². The summed E-state index contributed by atoms with van der Waals surface area (Å²) in [6.45, 7) is 0. The zero-order valence-corrected chi connectivity index (χ0v) is 14.3. The molecular formula is C21H21N3O. The first-order valence-electron chi connectivity index (χ1n) is 8.67. The third kappa shape index (κ3) is 2.95. The maximum Gasteiger partial charge on any atom is 0.254 e. The maximum absolute atomic E-state index is 13.0. The van der Waals surface area contributed by atoms with Crippen molar-refractivity contribution in [1.29, 1.82) is 0 Å². The van der Waals surface area contributed by atoms with E-state index in [1.54, 1.807) is 12.5 Å². The zero-order chi connectivity index (χ0) is 17.2. The molecule has 0 fully saturated rings. The van der Waals surface area contributed by atoms with Gasteiger partial charge in [-0.3, -0.25) is 4.79 Å². The van der Waals surface area contributed by atoms with E-state index in [1.807, 2.05) is 47.0 Å². The molecule has 1 atom stereocenters. The van der Waals surface area contributed by atoms with Crippen molar-refractivity contribution < 1.29 is 4.79 Å². The van der Waals surface area contributed by atoms with Crippen LogP contribution in [0.3, 0.4) is 0 Å². The van der Waals surface area contributed by atoms with E-state index in [0.29, 0.717) is 0 Å². The molecule has 0 saturated carbocycles. The third-order valence-corrected chi connectivity index (χ3v) is 5.04. The Morgan fingerprint density at radius 1 is 1.16 bits per heavy atom. The predicted molar refractivity (Wildman–Crippen MR) is 97.8 cm³/mol. The number of benzene rings is 2. The lowest BCUT2D eigenvalue weighted by molar-refractivity contribution is 0.0715. The molecule has 1 heterocycles. The fourth-order valence-corrected chi connectivity index (χ4v) is 3.66. The van der Waals surface area contributed by atoms with Gasteiger partial charge in [0.2, 0.25) is 0 Å². The van der Waals surface area contributed by atoms with Crippen molar-refractivity contribution in [1.82, 2.24) is 14.5 Å². The van der Waals surface area contributed by atoms with Crippen molar-refractivity contribution in [3.8, 4) is 5.69 Å². The van der Waals surface area contributed by atoms with Gasteiger partial charge in [0, 0.05) is 30.7 Å². The van der Waals surface area contributed by atoms with Crippen LogP contribution in [-0.2, 0) is 6.42 Å². The molecule has 4 heteroatoms. The SMILES string of the molecule is CN(C(=O)c1ccc(-n2ccnc2)cc1)[C@H]1CCCc2ccccc21. The van der Waals surface area contributed by atoms with Gasteiger partial charge in [0.1, 0.15) is 0 Å². The number of fused-ring (bicyclic) bond motifs is 1. The molecule has 0 unspecified atom stereocenters. The highest BCUT2D eigenvalue weighted by molar-refractivity contribution is 5.94. The molecule has 2 aromatic carbocycles. The topological polar surface area (TPSA) is 38.1 Å². The first-order chi connectivity index (χ1) is 12.2. The molecular weight excluding hydrogens is 310 g/mol. The van der Waals surface area contributed by atoms with Crippen LogP contribution in [0, 0.1) is 0 Å². The Bertz CT molecular complexity index is 868. The van der Waals surface area contributed by atoms with Crippen LogP contribution in [0.25, 0.3) is 5.69 Å². The molecule has 1 aromatic heterocycles. The molecule has 3 aromatic rings. The number of aromatic nitrogens is 2. The lowest BCUT2D eigenvalue weighted by Crippen LogP contribution is -2.33. The van der Waals surface area contributed by atoms with Gasteiger partial charge in [-0.25, -0.2) is 4.98 Å². The smallest absolute Gasteiger partial charge is 0.254 e. The number of hydrogen-bond donors (Lipinski definition) is 0. The normalized spacial score (nSPS) is 16.3. The summed E-state index contributed by atoms with van der Waals surface area (Å²) in [7, 11) is 1.92. The Labute approximate surface area is 147 Å². The summed E-state index contributed by atoms with van der Waals surface area (Å²) in [6.07, 6.45) is 8.64. The molecule has 0 spiro atoms. The van der Waals surface area contributed by atoms with Crippen LogP contribution in [0.15, 0.2) is 67.3 Å². The number of carbonyl (C=O) groups excluding carboxylic acids is 1. The second kappa shape index (κ2) is 6.55. The molecule has 126 valence electrons. The zero-order valence-electron chi connectivity index (χ0n) is 14.3. The van der Waals surface area contributed by atoms with E-state index >= 15 is 0 Å². The van der Waals surface area contributed by atoms with Crippen LogP contribution in [-0.4, -0.2) is 27.4 Å². The molecule has 0 saturated heterocycles. The summed E-state index contributed by atoms with van der Waals surface area (Å²) < 4.78 is 1.93. The third-order valence-electron chi connectivity index (χ3n) is 5.04. The molecule has 25 heavy (non-hydrogen) atoms. The van der Waals surface area contributed by atoms with E-state index in [-0.39, 0.29) is 11.9 Å². The van der Waals surface area contributed by atoms with Crippen molar-refractivity contribution in [2.45, 2.75) is 25.3 Å². The summed E-state index contributed by atoms with van der Waals surface area (Å²) in [5.41, 5.74) is 4.38. The molecule has 1 aliphatic carbocycles. The fraction of sp³-hybridized carbons (Fsp3) is 0.238. The van der Waals surface area contributed by atoms with Gasteiger partial charge in [-0.1, -0.05) is 24.3 Å². The van der Waals surface area contributed by atoms with Gasteiger partial charge in [0.15, 0.2) is 0 Å². The number of aryl methyl sites for hydroxylation is 1. The van der Waals surface area contributed by atoms with E-state index in [9.17, 15) is 4.79 Å². The minimum absolute atomic E-state index is 0.0684. The van der Waals surface area contributed by atoms with Crippen molar-refractivity contribution in [2.24, 2.45) is 0 Å². The molecule has 1 aliphatic rings. The van der Waals surface area contributed by atoms with E-state index in [4.69, 9.17) is 0 Å². The number of amides is 1. The van der Waals surface area contributed by atoms with Crippen LogP contribution in [0.1, 0.15) is 40.4 Å². The summed E-state index contributed by atoms with van der Waals surface area (Å²) in [4.78, 5) is 18.9. The minimum Gasteiger partial charge on any atom is -0.335 e. The molecule has 1 amide bonds. The Morgan fingerprint density at radius 3 is 2.72 bits per heavy atom. The number of imidazole rings is 1. The van der Waals surface area contributed by atoms with Crippen molar-refractivity contribution >= 4 is 5.91 Å². The van der Waals surface area contributed by atoms with Crippen LogP contribution < -0.4 is 0 Å². The first-order valence-corrected chi connectivity index (χ1v) is 8.67. The Balaban J connectivity index is 1.57. The first kappa shape index (κ1) is 15.6. The lowest BCUT2D eigenvalue weighted by atomic mass is 9.87. The predicted octanol–water partition coefficient (Wildman–Crippen LogP) is 4.02. The van der Waals surface area contributed by atoms with Gasteiger partial charge in [0.25, 0.3) is 5.91 Å². The quantitative estimate of drug-likeness (QED) is 0.727. The average molecular weight is 331 g/mol. The summed E-state index contributed by atoms with van der Waals surface area (Å²) in [6, 6.07) is 16.3. The maximum atomic E-state index is 13.0. The summed E-state index contributed by atoms with van der Waals surface area (Å²) in [5.74, 6) is 0.0684. The Kier molecular flexibility index (Phi) is 4.10. The van der Waals surface area contributed by atoms with Gasteiger partial charge < -0.3 is 9.47 Å². The second-order valence-electron chi connectivity index (χ2n) is 6.54. The van der Waals surface area contributed by atoms with E-state index in [1.165, 1.54) is 11.1 Å². The van der Waals surface area contributed by atoms with E-state index in [0.717, 1.165) is 30.5 Å². The van der Waals surface area contributed by atoms with Crippen molar-refractivity contribution in [3.63, 3.8) is 0 Å². The lowest BCUT2D eigenvalue weighted by Gasteiger charge is -2.33. The summed E-state index contributed by atoms with van der Waals surface area (Å²) >= 11 is 0. The van der Waals surface area contributed by atoms with Gasteiger partial charge in [-0.05, 0) is 54.7 Å². The van der Waals surface area contributed by atoms with Crippen LogP contribution >= 0.6 is 0 Å². The monoisotopic (exact) mass is 331 g/mol. The van der Waals surface area contributed by atoms with E-state index in [2.05, 4.69) is 29.2 Å². The van der Waals surface area contributed by atoms with Gasteiger partial charge in [0.05, 0.1) is 12.4 Å². The highest BCUT2D eigenvalue weighted by atomic mass is 16.2. The number of nitrogens with zero attached hydrogens (tertiary/aromatic N) is 3. The van der Waals surface area contributed by atoms with Gasteiger partial charge in [-0.15, -0.1) is 0 Å². The second-order valence-corrected chi connectivity index (χ2v) is 6.54.